The van der Waals surface area contributed by atoms with E-state index in [1.807, 2.05) is 60.7 Å². The third-order valence-corrected chi connectivity index (χ3v) is 11.8. The van der Waals surface area contributed by atoms with Crippen LogP contribution in [0.4, 0.5) is 4.79 Å². The Balaban J connectivity index is 2.21. The van der Waals surface area contributed by atoms with Gasteiger partial charge in [0.05, 0.1) is 0 Å². The zero-order valence-corrected chi connectivity index (χ0v) is 21.3. The molecule has 5 nitrogen and oxygen atoms in total. The number of alkyl halides is 1. The molecule has 1 heterocycles. The highest BCUT2D eigenvalue weighted by Gasteiger charge is 2.58. The first-order chi connectivity index (χ1) is 15.6. The number of carbonyl (C=O) groups excluding carboxylic acids is 1. The molecule has 0 bridgehead atoms. The molecule has 3 rings (SSSR count). The van der Waals surface area contributed by atoms with E-state index >= 15 is 0 Å². The number of amides is 1. The summed E-state index contributed by atoms with van der Waals surface area (Å²) in [6.07, 6.45) is -0.0154. The van der Waals surface area contributed by atoms with Gasteiger partial charge in [-0.25, -0.2) is 4.79 Å². The van der Waals surface area contributed by atoms with Gasteiger partial charge in [-0.3, -0.25) is 9.69 Å². The Kier molecular flexibility index (Phi) is 7.39. The van der Waals surface area contributed by atoms with Gasteiger partial charge >= 0.3 is 20.4 Å². The smallest absolute Gasteiger partial charge is 0.408 e. The summed E-state index contributed by atoms with van der Waals surface area (Å²) in [7, 11) is -3.18. The second-order valence-corrected chi connectivity index (χ2v) is 14.2. The molecule has 176 valence electrons. The van der Waals surface area contributed by atoms with Crippen LogP contribution in [0.25, 0.3) is 0 Å². The zero-order chi connectivity index (χ0) is 24.3. The van der Waals surface area contributed by atoms with Gasteiger partial charge in [0.15, 0.2) is 0 Å². The normalized spacial score (nSPS) is 18.7. The van der Waals surface area contributed by atoms with Crippen LogP contribution in [0.2, 0.25) is 5.04 Å². The van der Waals surface area contributed by atoms with E-state index in [4.69, 9.17) is 16.0 Å². The Hall–Kier alpha value is -2.57. The zero-order valence-electron chi connectivity index (χ0n) is 19.5. The van der Waals surface area contributed by atoms with Gasteiger partial charge in [-0.05, 0) is 28.3 Å². The highest BCUT2D eigenvalue weighted by atomic mass is 35.5. The first kappa shape index (κ1) is 25.1. The van der Waals surface area contributed by atoms with Gasteiger partial charge in [-0.1, -0.05) is 93.6 Å². The molecule has 1 aliphatic heterocycles. The Labute approximate surface area is 202 Å². The van der Waals surface area contributed by atoms with Gasteiger partial charge in [0.1, 0.15) is 5.54 Å². The average molecular weight is 486 g/mol. The number of carbonyl (C=O) groups is 2. The molecule has 7 heteroatoms. The molecule has 1 aliphatic rings. The average Bonchev–Trinajstić information content (AvgIpc) is 3.22. The van der Waals surface area contributed by atoms with Crippen molar-refractivity contribution in [1.82, 2.24) is 4.90 Å². The van der Waals surface area contributed by atoms with Gasteiger partial charge in [0.2, 0.25) is 0 Å². The van der Waals surface area contributed by atoms with E-state index in [9.17, 15) is 14.7 Å². The highest BCUT2D eigenvalue weighted by Crippen LogP contribution is 2.41. The molecule has 2 aromatic rings. The maximum Gasteiger partial charge on any atom is 0.408 e. The first-order valence-corrected chi connectivity index (χ1v) is 13.6. The minimum Gasteiger partial charge on any atom is -0.508 e. The monoisotopic (exact) mass is 485 g/mol. The van der Waals surface area contributed by atoms with Gasteiger partial charge in [0.25, 0.3) is 0 Å². The van der Waals surface area contributed by atoms with Crippen LogP contribution >= 0.6 is 11.6 Å². The van der Waals surface area contributed by atoms with E-state index < -0.39 is 31.0 Å². The molecule has 0 aliphatic carbocycles. The maximum absolute atomic E-state index is 14.2. The predicted molar refractivity (Wildman–Crippen MR) is 135 cm³/mol. The molecule has 1 fully saturated rings. The molecule has 2 aromatic carbocycles. The molecule has 0 radical (unpaired) electrons. The molecular formula is C26H32ClNO4Si. The van der Waals surface area contributed by atoms with Crippen molar-refractivity contribution >= 4 is 42.4 Å². The lowest BCUT2D eigenvalue weighted by Crippen LogP contribution is -2.69. The van der Waals surface area contributed by atoms with Crippen molar-refractivity contribution in [3.63, 3.8) is 0 Å². The van der Waals surface area contributed by atoms with Crippen LogP contribution in [0, 0.1) is 0 Å². The van der Waals surface area contributed by atoms with Gasteiger partial charge in [-0.2, -0.15) is 0 Å². The lowest BCUT2D eigenvalue weighted by molar-refractivity contribution is -0.146. The number of benzene rings is 2. The van der Waals surface area contributed by atoms with Crippen LogP contribution in [0.15, 0.2) is 72.8 Å². The Morgan fingerprint density at radius 1 is 1.09 bits per heavy atom. The van der Waals surface area contributed by atoms with Crippen LogP contribution in [-0.2, 0) is 9.22 Å². The first-order valence-electron chi connectivity index (χ1n) is 11.2. The summed E-state index contributed by atoms with van der Waals surface area (Å²) in [5.41, 5.74) is -0.713. The fourth-order valence-corrected chi connectivity index (χ4v) is 9.46. The topological polar surface area (TPSA) is 66.8 Å². The van der Waals surface area contributed by atoms with E-state index in [2.05, 4.69) is 27.4 Å². The Morgan fingerprint density at radius 3 is 2.03 bits per heavy atom. The second-order valence-electron chi connectivity index (χ2n) is 9.68. The lowest BCUT2D eigenvalue weighted by Gasteiger charge is -2.45. The van der Waals surface area contributed by atoms with Crippen molar-refractivity contribution in [3.05, 3.63) is 72.8 Å². The van der Waals surface area contributed by atoms with Gasteiger partial charge in [0, 0.05) is 18.8 Å². The second kappa shape index (κ2) is 9.73. The van der Waals surface area contributed by atoms with Crippen molar-refractivity contribution in [2.45, 2.75) is 50.6 Å². The van der Waals surface area contributed by atoms with Crippen LogP contribution < -0.4 is 10.4 Å². The fraction of sp³-hybridized carbons (Fsp3) is 0.385. The van der Waals surface area contributed by atoms with E-state index in [1.165, 1.54) is 4.90 Å². The standard InChI is InChI=1S/C26H32ClNO4Si/c1-20(19-27)18-26(16-11-17-28(26)24(30)31)23(29)32-33(25(2,3)4,21-12-7-5-8-13-21)22-14-9-6-10-15-22/h5-10,12-15H,1,11,16-19H2,2-4H3,(H,30,31). The van der Waals surface area contributed by atoms with Crippen molar-refractivity contribution in [3.8, 4) is 0 Å². The highest BCUT2D eigenvalue weighted by molar-refractivity contribution is 7.00. The van der Waals surface area contributed by atoms with Crippen molar-refractivity contribution in [1.29, 1.82) is 0 Å². The molecule has 1 atom stereocenters. The molecule has 1 unspecified atom stereocenters. The number of hydrogen-bond donors (Lipinski definition) is 1. The molecule has 1 saturated heterocycles. The molecule has 1 N–H and O–H groups in total. The molecule has 0 spiro atoms. The fourth-order valence-electron chi connectivity index (χ4n) is 4.97. The summed E-state index contributed by atoms with van der Waals surface area (Å²) in [6, 6.07) is 19.7. The number of rotatable bonds is 7. The van der Waals surface area contributed by atoms with Gasteiger partial charge in [-0.15, -0.1) is 11.6 Å². The minimum absolute atomic E-state index is 0.153. The summed E-state index contributed by atoms with van der Waals surface area (Å²) in [4.78, 5) is 27.6. The summed E-state index contributed by atoms with van der Waals surface area (Å²) in [5, 5.41) is 11.5. The van der Waals surface area contributed by atoms with E-state index in [1.54, 1.807) is 0 Å². The number of carboxylic acid groups (broad SMARTS) is 1. The van der Waals surface area contributed by atoms with Gasteiger partial charge < -0.3 is 9.53 Å². The third-order valence-electron chi connectivity index (χ3n) is 6.49. The SMILES string of the molecule is C=C(CCl)CC1(C(=O)O[Si](c2ccccc2)(c2ccccc2)C(C)(C)C)CCCN1C(=O)O. The van der Waals surface area contributed by atoms with E-state index in [0.29, 0.717) is 18.4 Å². The van der Waals surface area contributed by atoms with E-state index in [-0.39, 0.29) is 18.8 Å². The summed E-state index contributed by atoms with van der Waals surface area (Å²) >= 11 is 6.01. The molecule has 1 amide bonds. The Morgan fingerprint density at radius 2 is 1.61 bits per heavy atom. The van der Waals surface area contributed by atoms with Crippen molar-refractivity contribution in [2.75, 3.05) is 12.4 Å². The quantitative estimate of drug-likeness (QED) is 0.348. The Bertz CT molecular complexity index is 966. The molecule has 33 heavy (non-hydrogen) atoms. The van der Waals surface area contributed by atoms with E-state index in [0.717, 1.165) is 10.4 Å². The maximum atomic E-state index is 14.2. The van der Waals surface area contributed by atoms with Crippen molar-refractivity contribution in [2.24, 2.45) is 0 Å². The molecular weight excluding hydrogens is 454 g/mol. The van der Waals surface area contributed by atoms with Crippen LogP contribution in [0.5, 0.6) is 0 Å². The number of halogens is 1. The summed E-state index contributed by atoms with van der Waals surface area (Å²) in [5.74, 6) is -0.357. The van der Waals surface area contributed by atoms with Crippen LogP contribution in [0.3, 0.4) is 0 Å². The number of hydrogen-bond acceptors (Lipinski definition) is 3. The van der Waals surface area contributed by atoms with Crippen LogP contribution in [-0.4, -0.2) is 48.4 Å². The molecule has 0 saturated carbocycles. The minimum atomic E-state index is -3.18. The summed E-state index contributed by atoms with van der Waals surface area (Å²) in [6.45, 7) is 10.5. The summed E-state index contributed by atoms with van der Waals surface area (Å²) < 4.78 is 6.70. The largest absolute Gasteiger partial charge is 0.508 e. The number of nitrogens with zero attached hydrogens (tertiary/aromatic N) is 1. The van der Waals surface area contributed by atoms with Crippen LogP contribution in [0.1, 0.15) is 40.0 Å². The molecule has 0 aromatic heterocycles. The lowest BCUT2D eigenvalue weighted by atomic mass is 9.89. The predicted octanol–water partition coefficient (Wildman–Crippen LogP) is 4.79. The number of likely N-dealkylation sites (tertiary alicyclic amines) is 1. The third kappa shape index (κ3) is 4.59. The van der Waals surface area contributed by atoms with Crippen molar-refractivity contribution < 1.29 is 19.1 Å².